The van der Waals surface area contributed by atoms with Crippen molar-refractivity contribution in [2.75, 3.05) is 19.4 Å². The molecular formula is C26H23F4N7O4. The van der Waals surface area contributed by atoms with Crippen LogP contribution in [-0.2, 0) is 14.3 Å². The number of carbonyl (C=O) groups is 2. The minimum atomic E-state index is -4.97. The van der Waals surface area contributed by atoms with Crippen LogP contribution in [0.15, 0.2) is 53.8 Å². The van der Waals surface area contributed by atoms with Crippen LogP contribution in [0.4, 0.5) is 29.1 Å². The number of hydrogen-bond acceptors (Lipinski definition) is 8. The van der Waals surface area contributed by atoms with Gasteiger partial charge in [0.25, 0.3) is 5.91 Å². The van der Waals surface area contributed by atoms with Crippen molar-refractivity contribution in [2.24, 2.45) is 4.99 Å². The van der Waals surface area contributed by atoms with Crippen molar-refractivity contribution in [3.63, 3.8) is 0 Å². The summed E-state index contributed by atoms with van der Waals surface area (Å²) in [6, 6.07) is 8.15. The highest BCUT2D eigenvalue weighted by Crippen LogP contribution is 2.30. The number of hydrogen-bond donors (Lipinski definition) is 1. The Bertz CT molecular complexity index is 1640. The number of nitrogens with zero attached hydrogens (tertiary/aromatic N) is 6. The smallest absolute Gasteiger partial charge is 0.447 e. The molecule has 0 radical (unpaired) electrons. The number of aliphatic imine (C=N–C) groups is 1. The van der Waals surface area contributed by atoms with Crippen molar-refractivity contribution in [2.45, 2.75) is 26.3 Å². The molecule has 2 aromatic heterocycles. The zero-order chi connectivity index (χ0) is 29.9. The van der Waals surface area contributed by atoms with Crippen molar-refractivity contribution < 1.29 is 36.6 Å². The highest BCUT2D eigenvalue weighted by Gasteiger charge is 2.32. The number of benzene rings is 2. The minimum Gasteiger partial charge on any atom is -0.447 e. The molecule has 0 saturated carbocycles. The fraction of sp³-hybridized carbons (Fsp3) is 0.231. The van der Waals surface area contributed by atoms with Gasteiger partial charge in [-0.05, 0) is 37.3 Å². The molecule has 1 N–H and O–H groups in total. The lowest BCUT2D eigenvalue weighted by atomic mass is 10.1. The first-order valence-corrected chi connectivity index (χ1v) is 11.9. The molecule has 1 atom stereocenters. The van der Waals surface area contributed by atoms with Crippen molar-refractivity contribution in [1.29, 1.82) is 0 Å². The van der Waals surface area contributed by atoms with Crippen molar-refractivity contribution in [3.05, 3.63) is 65.9 Å². The second-order valence-corrected chi connectivity index (χ2v) is 8.87. The van der Waals surface area contributed by atoms with Gasteiger partial charge in [-0.3, -0.25) is 9.59 Å². The fourth-order valence-corrected chi connectivity index (χ4v) is 3.79. The maximum Gasteiger partial charge on any atom is 0.573 e. The molecule has 0 aliphatic heterocycles. The Balaban J connectivity index is 1.65. The van der Waals surface area contributed by atoms with Crippen LogP contribution in [0.5, 0.6) is 5.75 Å². The molecule has 214 valence electrons. The van der Waals surface area contributed by atoms with E-state index in [4.69, 9.17) is 4.74 Å². The van der Waals surface area contributed by atoms with Gasteiger partial charge in [0.05, 0.1) is 12.0 Å². The molecule has 15 heteroatoms. The predicted molar refractivity (Wildman–Crippen MR) is 139 cm³/mol. The van der Waals surface area contributed by atoms with Gasteiger partial charge in [0.2, 0.25) is 6.10 Å². The second-order valence-electron chi connectivity index (χ2n) is 8.87. The third-order valence-electron chi connectivity index (χ3n) is 5.38. The predicted octanol–water partition coefficient (Wildman–Crippen LogP) is 4.63. The number of fused-ring (bicyclic) bond motifs is 1. The summed E-state index contributed by atoms with van der Waals surface area (Å²) in [5, 5.41) is 6.80. The normalized spacial score (nSPS) is 12.4. The van der Waals surface area contributed by atoms with Gasteiger partial charge >= 0.3 is 12.3 Å². The van der Waals surface area contributed by atoms with Crippen LogP contribution in [0.1, 0.15) is 24.3 Å². The number of ether oxygens (including phenoxy) is 2. The number of esters is 1. The zero-order valence-corrected chi connectivity index (χ0v) is 22.1. The Morgan fingerprint density at radius 1 is 1.15 bits per heavy atom. The summed E-state index contributed by atoms with van der Waals surface area (Å²) in [5.41, 5.74) is 1.21. The number of alkyl halides is 3. The summed E-state index contributed by atoms with van der Waals surface area (Å²) in [5.74, 6) is -2.96. The van der Waals surface area contributed by atoms with Crippen molar-refractivity contribution >= 4 is 40.8 Å². The molecule has 1 amide bonds. The summed E-state index contributed by atoms with van der Waals surface area (Å²) in [6.45, 7) is 2.73. The minimum absolute atomic E-state index is 0.00531. The Hall–Kier alpha value is -5.08. The van der Waals surface area contributed by atoms with E-state index in [0.29, 0.717) is 16.7 Å². The molecule has 41 heavy (non-hydrogen) atoms. The molecule has 4 rings (SSSR count). The lowest BCUT2D eigenvalue weighted by molar-refractivity contribution is -0.274. The number of rotatable bonds is 8. The van der Waals surface area contributed by atoms with Gasteiger partial charge in [0.1, 0.15) is 28.8 Å². The van der Waals surface area contributed by atoms with E-state index in [0.717, 1.165) is 25.1 Å². The van der Waals surface area contributed by atoms with Crippen LogP contribution < -0.4 is 10.1 Å². The van der Waals surface area contributed by atoms with E-state index in [2.05, 4.69) is 30.1 Å². The van der Waals surface area contributed by atoms with Gasteiger partial charge in [0.15, 0.2) is 11.6 Å². The molecule has 11 nitrogen and oxygen atoms in total. The first-order valence-electron chi connectivity index (χ1n) is 11.9. The molecular weight excluding hydrogens is 550 g/mol. The van der Waals surface area contributed by atoms with Crippen LogP contribution in [-0.4, -0.2) is 63.3 Å². The number of aryl methyl sites for hydroxylation is 1. The molecule has 0 bridgehead atoms. The quantitative estimate of drug-likeness (QED) is 0.140. The summed E-state index contributed by atoms with van der Waals surface area (Å²) in [7, 11) is 3.55. The van der Waals surface area contributed by atoms with E-state index in [9.17, 15) is 22.8 Å². The molecule has 1 unspecified atom stereocenters. The molecule has 0 saturated heterocycles. The standard InChI is InChI=1S/C26H23F4N7O4/c1-14-21-22(24(32-12-31-21)33-13-36(3)4)37(35-14)20-9-8-17(11-19(20)27)34-25(39)23(40-15(2)38)16-6-5-7-18(10-16)41-26(28,29)30/h5-13,23H,1-4H3,(H,34,39). The van der Waals surface area contributed by atoms with Crippen LogP contribution in [0.2, 0.25) is 0 Å². The third kappa shape index (κ3) is 6.93. The molecule has 0 spiro atoms. The van der Waals surface area contributed by atoms with Gasteiger partial charge in [-0.1, -0.05) is 12.1 Å². The summed E-state index contributed by atoms with van der Waals surface area (Å²) in [6.07, 6.45) is -3.78. The number of amides is 1. The highest BCUT2D eigenvalue weighted by molar-refractivity contribution is 5.96. The average molecular weight is 574 g/mol. The lowest BCUT2D eigenvalue weighted by Gasteiger charge is -2.18. The Morgan fingerprint density at radius 2 is 1.90 bits per heavy atom. The number of nitrogens with one attached hydrogen (secondary N) is 1. The van der Waals surface area contributed by atoms with E-state index < -0.39 is 35.9 Å². The third-order valence-corrected chi connectivity index (χ3v) is 5.38. The van der Waals surface area contributed by atoms with E-state index >= 15 is 4.39 Å². The summed E-state index contributed by atoms with van der Waals surface area (Å²) >= 11 is 0. The van der Waals surface area contributed by atoms with E-state index in [1.54, 1.807) is 25.9 Å². The van der Waals surface area contributed by atoms with Crippen LogP contribution in [0.3, 0.4) is 0 Å². The fourth-order valence-electron chi connectivity index (χ4n) is 3.79. The van der Waals surface area contributed by atoms with Crippen LogP contribution in [0.25, 0.3) is 16.7 Å². The molecule has 2 heterocycles. The highest BCUT2D eigenvalue weighted by atomic mass is 19.4. The molecule has 0 aliphatic rings. The molecule has 0 aliphatic carbocycles. The maximum absolute atomic E-state index is 15.4. The van der Waals surface area contributed by atoms with Crippen LogP contribution >= 0.6 is 0 Å². The number of anilines is 1. The first-order chi connectivity index (χ1) is 19.3. The first kappa shape index (κ1) is 28.9. The van der Waals surface area contributed by atoms with E-state index in [1.165, 1.54) is 41.6 Å². The van der Waals surface area contributed by atoms with E-state index in [1.807, 2.05) is 0 Å². The van der Waals surface area contributed by atoms with Gasteiger partial charge in [-0.25, -0.2) is 24.0 Å². The largest absolute Gasteiger partial charge is 0.573 e. The van der Waals surface area contributed by atoms with Crippen LogP contribution in [0, 0.1) is 12.7 Å². The van der Waals surface area contributed by atoms with Gasteiger partial charge in [-0.2, -0.15) is 5.10 Å². The summed E-state index contributed by atoms with van der Waals surface area (Å²) in [4.78, 5) is 39.1. The zero-order valence-electron chi connectivity index (χ0n) is 22.1. The number of halogens is 4. The number of aromatic nitrogens is 4. The van der Waals surface area contributed by atoms with Gasteiger partial charge in [-0.15, -0.1) is 13.2 Å². The maximum atomic E-state index is 15.4. The van der Waals surface area contributed by atoms with Crippen molar-refractivity contribution in [3.8, 4) is 11.4 Å². The lowest BCUT2D eigenvalue weighted by Crippen LogP contribution is -2.25. The molecule has 2 aromatic carbocycles. The second kappa shape index (κ2) is 11.6. The molecule has 4 aromatic rings. The Labute approximate surface area is 230 Å². The van der Waals surface area contributed by atoms with Crippen molar-refractivity contribution in [1.82, 2.24) is 24.6 Å². The monoisotopic (exact) mass is 573 g/mol. The van der Waals surface area contributed by atoms with Gasteiger partial charge < -0.3 is 19.7 Å². The molecule has 0 fully saturated rings. The summed E-state index contributed by atoms with van der Waals surface area (Å²) < 4.78 is 63.6. The Kier molecular flexibility index (Phi) is 8.16. The van der Waals surface area contributed by atoms with Gasteiger partial charge in [0, 0.05) is 32.3 Å². The topological polar surface area (TPSA) is 124 Å². The SMILES string of the molecule is CC(=O)OC(C(=O)Nc1ccc(-n2nc(C)c3ncnc(N=CN(C)C)c32)c(F)c1)c1cccc(OC(F)(F)F)c1. The average Bonchev–Trinajstić information content (AvgIpc) is 3.21. The Morgan fingerprint density at radius 3 is 2.56 bits per heavy atom. The number of carbonyl (C=O) groups excluding carboxylic acids is 2. The van der Waals surface area contributed by atoms with E-state index in [-0.39, 0.29) is 22.8 Å².